The standard InChI is InChI=1S/C21H26Cl2N2O2/c1-3-27-20-12-15(11-18(23)21(20)26-2)14-24-16-7-8-19(17(22)13-16)25-9-5-4-6-10-25/h7-8,11-13,24H,3-6,9-10,14H2,1-2H3. The zero-order valence-electron chi connectivity index (χ0n) is 15.9. The van der Waals surface area contributed by atoms with Crippen molar-refractivity contribution in [2.45, 2.75) is 32.7 Å². The Morgan fingerprint density at radius 1 is 1.04 bits per heavy atom. The summed E-state index contributed by atoms with van der Waals surface area (Å²) in [5.41, 5.74) is 3.11. The van der Waals surface area contributed by atoms with Gasteiger partial charge in [0.1, 0.15) is 0 Å². The molecule has 1 heterocycles. The number of benzene rings is 2. The van der Waals surface area contributed by atoms with Crippen molar-refractivity contribution in [3.63, 3.8) is 0 Å². The molecule has 0 spiro atoms. The summed E-state index contributed by atoms with van der Waals surface area (Å²) < 4.78 is 11.0. The lowest BCUT2D eigenvalue weighted by Crippen LogP contribution is -2.29. The SMILES string of the molecule is CCOc1cc(CNc2ccc(N3CCCCC3)c(Cl)c2)cc(Cl)c1OC. The fraction of sp³-hybridized carbons (Fsp3) is 0.429. The molecule has 0 aliphatic carbocycles. The van der Waals surface area contributed by atoms with E-state index in [1.54, 1.807) is 7.11 Å². The first-order chi connectivity index (χ1) is 13.1. The Morgan fingerprint density at radius 2 is 1.81 bits per heavy atom. The molecule has 0 bridgehead atoms. The first kappa shape index (κ1) is 20.0. The number of hydrogen-bond acceptors (Lipinski definition) is 4. The summed E-state index contributed by atoms with van der Waals surface area (Å²) >= 11 is 12.9. The maximum absolute atomic E-state index is 6.54. The number of methoxy groups -OCH3 is 1. The van der Waals surface area contributed by atoms with Gasteiger partial charge in [0.25, 0.3) is 0 Å². The van der Waals surface area contributed by atoms with E-state index in [0.29, 0.717) is 29.7 Å². The smallest absolute Gasteiger partial charge is 0.179 e. The molecule has 1 saturated heterocycles. The van der Waals surface area contributed by atoms with Crippen LogP contribution in [0.5, 0.6) is 11.5 Å². The van der Waals surface area contributed by atoms with Gasteiger partial charge in [-0.05, 0) is 62.1 Å². The first-order valence-electron chi connectivity index (χ1n) is 9.40. The summed E-state index contributed by atoms with van der Waals surface area (Å²) in [6.45, 7) is 5.26. The van der Waals surface area contributed by atoms with Crippen LogP contribution in [0, 0.1) is 0 Å². The quantitative estimate of drug-likeness (QED) is 0.608. The minimum absolute atomic E-state index is 0.540. The van der Waals surface area contributed by atoms with Gasteiger partial charge in [0.2, 0.25) is 0 Å². The maximum atomic E-state index is 6.54. The van der Waals surface area contributed by atoms with E-state index in [1.165, 1.54) is 19.3 Å². The molecule has 0 amide bonds. The highest BCUT2D eigenvalue weighted by atomic mass is 35.5. The molecule has 0 atom stereocenters. The molecule has 1 fully saturated rings. The lowest BCUT2D eigenvalue weighted by Gasteiger charge is -2.29. The fourth-order valence-corrected chi connectivity index (χ4v) is 4.01. The van der Waals surface area contributed by atoms with Crippen molar-refractivity contribution in [3.8, 4) is 11.5 Å². The van der Waals surface area contributed by atoms with E-state index in [0.717, 1.165) is 35.1 Å². The molecular formula is C21H26Cl2N2O2. The number of nitrogens with zero attached hydrogens (tertiary/aromatic N) is 1. The summed E-state index contributed by atoms with van der Waals surface area (Å²) in [6.07, 6.45) is 3.77. The van der Waals surface area contributed by atoms with Crippen LogP contribution in [-0.4, -0.2) is 26.8 Å². The van der Waals surface area contributed by atoms with Crippen molar-refractivity contribution >= 4 is 34.6 Å². The Kier molecular flexibility index (Phi) is 6.97. The zero-order chi connectivity index (χ0) is 19.2. The first-order valence-corrected chi connectivity index (χ1v) is 10.2. The largest absolute Gasteiger partial charge is 0.491 e. The average molecular weight is 409 g/mol. The van der Waals surface area contributed by atoms with Gasteiger partial charge in [-0.1, -0.05) is 23.2 Å². The third-order valence-corrected chi connectivity index (χ3v) is 5.30. The van der Waals surface area contributed by atoms with Crippen molar-refractivity contribution in [3.05, 3.63) is 45.9 Å². The lowest BCUT2D eigenvalue weighted by atomic mass is 10.1. The summed E-state index contributed by atoms with van der Waals surface area (Å²) in [6, 6.07) is 10.00. The maximum Gasteiger partial charge on any atom is 0.179 e. The molecule has 0 saturated carbocycles. The Morgan fingerprint density at radius 3 is 2.48 bits per heavy atom. The van der Waals surface area contributed by atoms with Crippen LogP contribution in [0.3, 0.4) is 0 Å². The van der Waals surface area contributed by atoms with Crippen molar-refractivity contribution in [1.29, 1.82) is 0 Å². The van der Waals surface area contributed by atoms with E-state index < -0.39 is 0 Å². The van der Waals surface area contributed by atoms with Crippen molar-refractivity contribution in [1.82, 2.24) is 0 Å². The molecule has 1 N–H and O–H groups in total. The zero-order valence-corrected chi connectivity index (χ0v) is 17.4. The van der Waals surface area contributed by atoms with Crippen molar-refractivity contribution in [2.24, 2.45) is 0 Å². The van der Waals surface area contributed by atoms with E-state index in [9.17, 15) is 0 Å². The Bertz CT molecular complexity index is 777. The summed E-state index contributed by atoms with van der Waals surface area (Å²) in [7, 11) is 1.59. The second-order valence-electron chi connectivity index (χ2n) is 6.61. The van der Waals surface area contributed by atoms with Crippen LogP contribution in [0.1, 0.15) is 31.7 Å². The monoisotopic (exact) mass is 408 g/mol. The van der Waals surface area contributed by atoms with Gasteiger partial charge in [0.05, 0.1) is 29.4 Å². The van der Waals surface area contributed by atoms with Gasteiger partial charge in [-0.2, -0.15) is 0 Å². The van der Waals surface area contributed by atoms with Gasteiger partial charge in [-0.15, -0.1) is 0 Å². The molecule has 1 aliphatic rings. The van der Waals surface area contributed by atoms with Gasteiger partial charge in [-0.25, -0.2) is 0 Å². The molecule has 2 aromatic carbocycles. The van der Waals surface area contributed by atoms with Crippen molar-refractivity contribution < 1.29 is 9.47 Å². The minimum atomic E-state index is 0.540. The minimum Gasteiger partial charge on any atom is -0.491 e. The van der Waals surface area contributed by atoms with E-state index in [4.69, 9.17) is 32.7 Å². The molecule has 0 aromatic heterocycles. The molecule has 1 aliphatic heterocycles. The number of piperidine rings is 1. The molecule has 0 unspecified atom stereocenters. The van der Waals surface area contributed by atoms with Crippen LogP contribution in [0.15, 0.2) is 30.3 Å². The van der Waals surface area contributed by atoms with Crippen LogP contribution in [0.2, 0.25) is 10.0 Å². The predicted molar refractivity (Wildman–Crippen MR) is 114 cm³/mol. The number of hydrogen-bond donors (Lipinski definition) is 1. The lowest BCUT2D eigenvalue weighted by molar-refractivity contribution is 0.310. The van der Waals surface area contributed by atoms with Crippen LogP contribution in [-0.2, 0) is 6.54 Å². The highest BCUT2D eigenvalue weighted by Crippen LogP contribution is 2.37. The molecule has 2 aromatic rings. The molecular weight excluding hydrogens is 383 g/mol. The van der Waals surface area contributed by atoms with E-state index in [2.05, 4.69) is 22.3 Å². The Balaban J connectivity index is 1.70. The molecule has 4 nitrogen and oxygen atoms in total. The number of nitrogens with one attached hydrogen (secondary N) is 1. The van der Waals surface area contributed by atoms with E-state index >= 15 is 0 Å². The number of halogens is 2. The van der Waals surface area contributed by atoms with Gasteiger partial charge >= 0.3 is 0 Å². The van der Waals surface area contributed by atoms with Crippen LogP contribution >= 0.6 is 23.2 Å². The number of anilines is 2. The van der Waals surface area contributed by atoms with Crippen LogP contribution in [0.4, 0.5) is 11.4 Å². The fourth-order valence-electron chi connectivity index (χ4n) is 3.40. The number of rotatable bonds is 7. The van der Waals surface area contributed by atoms with Crippen LogP contribution < -0.4 is 19.7 Å². The highest BCUT2D eigenvalue weighted by molar-refractivity contribution is 6.33. The molecule has 6 heteroatoms. The predicted octanol–water partition coefficient (Wildman–Crippen LogP) is 6.00. The summed E-state index contributed by atoms with van der Waals surface area (Å²) in [4.78, 5) is 2.37. The normalized spacial score (nSPS) is 14.1. The highest BCUT2D eigenvalue weighted by Gasteiger charge is 2.15. The molecule has 3 rings (SSSR count). The third kappa shape index (κ3) is 4.94. The third-order valence-electron chi connectivity index (χ3n) is 4.71. The number of ether oxygens (including phenoxy) is 2. The molecule has 27 heavy (non-hydrogen) atoms. The molecule has 0 radical (unpaired) electrons. The Labute approximate surface area is 171 Å². The second kappa shape index (κ2) is 9.43. The Hall–Kier alpha value is -1.78. The van der Waals surface area contributed by atoms with Gasteiger partial charge in [0.15, 0.2) is 11.5 Å². The van der Waals surface area contributed by atoms with Crippen LogP contribution in [0.25, 0.3) is 0 Å². The molecule has 146 valence electrons. The second-order valence-corrected chi connectivity index (χ2v) is 7.42. The van der Waals surface area contributed by atoms with Gasteiger partial charge < -0.3 is 19.7 Å². The summed E-state index contributed by atoms with van der Waals surface area (Å²) in [5.74, 6) is 1.22. The average Bonchev–Trinajstić information content (AvgIpc) is 2.67. The van der Waals surface area contributed by atoms with Crippen molar-refractivity contribution in [2.75, 3.05) is 37.0 Å². The van der Waals surface area contributed by atoms with E-state index in [1.807, 2.05) is 25.1 Å². The van der Waals surface area contributed by atoms with Gasteiger partial charge in [-0.3, -0.25) is 0 Å². The summed E-state index contributed by atoms with van der Waals surface area (Å²) in [5, 5.41) is 4.73. The van der Waals surface area contributed by atoms with E-state index in [-0.39, 0.29) is 0 Å². The van der Waals surface area contributed by atoms with Gasteiger partial charge in [0, 0.05) is 25.3 Å². The topological polar surface area (TPSA) is 33.7 Å².